The van der Waals surface area contributed by atoms with Crippen LogP contribution >= 0.6 is 0 Å². The number of aldehydes is 2. The van der Waals surface area contributed by atoms with Gasteiger partial charge in [-0.2, -0.15) is 0 Å². The summed E-state index contributed by atoms with van der Waals surface area (Å²) in [6.45, 7) is 4.04. The minimum Gasteiger partial charge on any atom is -0.373 e. The Bertz CT molecular complexity index is 982. The Labute approximate surface area is 145 Å². The lowest BCUT2D eigenvalue weighted by atomic mass is 10.1. The molecule has 0 radical (unpaired) electrons. The minimum atomic E-state index is -0.410. The van der Waals surface area contributed by atoms with Gasteiger partial charge in [0.2, 0.25) is 0 Å². The SMILES string of the molecule is C=C(NC1(C=O)CC1)c1ccc(-n2ccc3cc(C=O)cnc32)cc1. The average Bonchev–Trinajstić information content (AvgIpc) is 3.30. The Hall–Kier alpha value is -3.21. The standard InChI is InChI=1S/C20H17N3O2/c1-14(22-20(13-25)7-8-20)16-2-4-18(5-3-16)23-9-6-17-10-15(12-24)11-21-19(17)23/h2-6,9-13,22H,1,7-8H2. The fourth-order valence-corrected chi connectivity index (χ4v) is 2.92. The molecule has 5 heteroatoms. The normalized spacial score (nSPS) is 14.9. The highest BCUT2D eigenvalue weighted by atomic mass is 16.1. The van der Waals surface area contributed by atoms with Gasteiger partial charge < -0.3 is 14.7 Å². The zero-order valence-corrected chi connectivity index (χ0v) is 13.6. The monoisotopic (exact) mass is 331 g/mol. The number of hydrogen-bond donors (Lipinski definition) is 1. The van der Waals surface area contributed by atoms with Gasteiger partial charge in [-0.15, -0.1) is 0 Å². The summed E-state index contributed by atoms with van der Waals surface area (Å²) >= 11 is 0. The van der Waals surface area contributed by atoms with Gasteiger partial charge in [0.15, 0.2) is 6.29 Å². The molecule has 0 saturated heterocycles. The summed E-state index contributed by atoms with van der Waals surface area (Å²) in [6.07, 6.45) is 6.98. The number of benzene rings is 1. The predicted molar refractivity (Wildman–Crippen MR) is 96.7 cm³/mol. The van der Waals surface area contributed by atoms with E-state index in [1.165, 1.54) is 0 Å². The molecule has 1 aliphatic carbocycles. The van der Waals surface area contributed by atoms with Crippen LogP contribution in [0.2, 0.25) is 0 Å². The lowest BCUT2D eigenvalue weighted by Crippen LogP contribution is -2.30. The molecule has 0 bridgehead atoms. The topological polar surface area (TPSA) is 64.0 Å². The summed E-state index contributed by atoms with van der Waals surface area (Å²) in [5.41, 5.74) is 3.62. The zero-order valence-electron chi connectivity index (χ0n) is 13.6. The Balaban J connectivity index is 1.61. The maximum absolute atomic E-state index is 11.1. The Morgan fingerprint density at radius 3 is 2.60 bits per heavy atom. The van der Waals surface area contributed by atoms with Crippen LogP contribution in [0.1, 0.15) is 28.8 Å². The van der Waals surface area contributed by atoms with Crippen molar-refractivity contribution < 1.29 is 9.59 Å². The van der Waals surface area contributed by atoms with Crippen LogP contribution in [0.3, 0.4) is 0 Å². The van der Waals surface area contributed by atoms with Crippen LogP contribution < -0.4 is 5.32 Å². The van der Waals surface area contributed by atoms with E-state index in [9.17, 15) is 9.59 Å². The molecule has 4 rings (SSSR count). The molecular formula is C20H17N3O2. The Morgan fingerprint density at radius 2 is 1.96 bits per heavy atom. The molecule has 1 aromatic carbocycles. The highest BCUT2D eigenvalue weighted by Crippen LogP contribution is 2.35. The van der Waals surface area contributed by atoms with Gasteiger partial charge in [0.1, 0.15) is 11.9 Å². The molecule has 1 fully saturated rings. The van der Waals surface area contributed by atoms with Gasteiger partial charge in [0, 0.05) is 34.7 Å². The third kappa shape index (κ3) is 2.74. The van der Waals surface area contributed by atoms with Crippen molar-refractivity contribution in [1.29, 1.82) is 0 Å². The highest BCUT2D eigenvalue weighted by molar-refractivity contribution is 5.85. The summed E-state index contributed by atoms with van der Waals surface area (Å²) < 4.78 is 1.97. The van der Waals surface area contributed by atoms with Crippen LogP contribution in [0.5, 0.6) is 0 Å². The molecule has 3 aromatic rings. The molecule has 2 aromatic heterocycles. The molecule has 1 aliphatic rings. The Kier molecular flexibility index (Phi) is 3.50. The third-order valence-corrected chi connectivity index (χ3v) is 4.59. The fourth-order valence-electron chi connectivity index (χ4n) is 2.92. The van der Waals surface area contributed by atoms with Gasteiger partial charge in [0.05, 0.1) is 5.54 Å². The van der Waals surface area contributed by atoms with Crippen LogP contribution in [-0.4, -0.2) is 27.7 Å². The van der Waals surface area contributed by atoms with Crippen molar-refractivity contribution in [2.75, 3.05) is 0 Å². The number of aromatic nitrogens is 2. The molecule has 25 heavy (non-hydrogen) atoms. The molecule has 0 amide bonds. The van der Waals surface area contributed by atoms with E-state index in [4.69, 9.17) is 0 Å². The summed E-state index contributed by atoms with van der Waals surface area (Å²) in [6, 6.07) is 11.7. The van der Waals surface area contributed by atoms with Crippen LogP contribution in [0.4, 0.5) is 0 Å². The molecule has 1 saturated carbocycles. The molecule has 2 heterocycles. The van der Waals surface area contributed by atoms with Gasteiger partial charge in [0.25, 0.3) is 0 Å². The highest BCUT2D eigenvalue weighted by Gasteiger charge is 2.42. The second-order valence-electron chi connectivity index (χ2n) is 6.41. The van der Waals surface area contributed by atoms with Crippen molar-refractivity contribution in [2.24, 2.45) is 0 Å². The van der Waals surface area contributed by atoms with E-state index in [0.29, 0.717) is 5.56 Å². The van der Waals surface area contributed by atoms with E-state index in [1.54, 1.807) is 6.20 Å². The van der Waals surface area contributed by atoms with Gasteiger partial charge >= 0.3 is 0 Å². The summed E-state index contributed by atoms with van der Waals surface area (Å²) in [5.74, 6) is 0. The number of rotatable bonds is 6. The van der Waals surface area contributed by atoms with Crippen LogP contribution in [0.25, 0.3) is 22.4 Å². The van der Waals surface area contributed by atoms with E-state index < -0.39 is 5.54 Å². The number of carbonyl (C=O) groups excluding carboxylic acids is 2. The van der Waals surface area contributed by atoms with E-state index in [1.807, 2.05) is 47.2 Å². The molecule has 124 valence electrons. The first-order valence-corrected chi connectivity index (χ1v) is 8.11. The van der Waals surface area contributed by atoms with Crippen molar-refractivity contribution in [3.63, 3.8) is 0 Å². The van der Waals surface area contributed by atoms with E-state index in [0.717, 1.165) is 53.4 Å². The molecule has 1 N–H and O–H groups in total. The maximum Gasteiger partial charge on any atom is 0.151 e. The molecule has 0 aliphatic heterocycles. The van der Waals surface area contributed by atoms with Gasteiger partial charge in [-0.05, 0) is 42.7 Å². The number of nitrogens with one attached hydrogen (secondary N) is 1. The Morgan fingerprint density at radius 1 is 1.20 bits per heavy atom. The molecule has 0 unspecified atom stereocenters. The van der Waals surface area contributed by atoms with Gasteiger partial charge in [-0.1, -0.05) is 18.7 Å². The molecule has 0 atom stereocenters. The molecule has 5 nitrogen and oxygen atoms in total. The number of carbonyl (C=O) groups is 2. The number of pyridine rings is 1. The predicted octanol–water partition coefficient (Wildman–Crippen LogP) is 3.13. The first-order valence-electron chi connectivity index (χ1n) is 8.11. The van der Waals surface area contributed by atoms with Crippen molar-refractivity contribution in [1.82, 2.24) is 14.9 Å². The minimum absolute atomic E-state index is 0.410. The van der Waals surface area contributed by atoms with Crippen molar-refractivity contribution >= 4 is 29.3 Å². The second kappa shape index (κ2) is 5.70. The first-order chi connectivity index (χ1) is 12.1. The maximum atomic E-state index is 11.1. The zero-order chi connectivity index (χ0) is 17.4. The van der Waals surface area contributed by atoms with Gasteiger partial charge in [-0.3, -0.25) is 4.79 Å². The van der Waals surface area contributed by atoms with Crippen molar-refractivity contribution in [3.05, 3.63) is 66.5 Å². The lowest BCUT2D eigenvalue weighted by Gasteiger charge is -2.15. The van der Waals surface area contributed by atoms with Gasteiger partial charge in [-0.25, -0.2) is 4.98 Å². The van der Waals surface area contributed by atoms with Crippen molar-refractivity contribution in [3.8, 4) is 5.69 Å². The fraction of sp³-hybridized carbons (Fsp3) is 0.150. The lowest BCUT2D eigenvalue weighted by molar-refractivity contribution is -0.110. The van der Waals surface area contributed by atoms with E-state index in [-0.39, 0.29) is 0 Å². The number of fused-ring (bicyclic) bond motifs is 1. The third-order valence-electron chi connectivity index (χ3n) is 4.59. The van der Waals surface area contributed by atoms with Crippen LogP contribution in [0.15, 0.2) is 55.4 Å². The van der Waals surface area contributed by atoms with Crippen molar-refractivity contribution in [2.45, 2.75) is 18.4 Å². The largest absolute Gasteiger partial charge is 0.373 e. The number of nitrogens with zero attached hydrogens (tertiary/aromatic N) is 2. The smallest absolute Gasteiger partial charge is 0.151 e. The van der Waals surface area contributed by atoms with Crippen LogP contribution in [0, 0.1) is 0 Å². The second-order valence-corrected chi connectivity index (χ2v) is 6.41. The molecule has 0 spiro atoms. The average molecular weight is 331 g/mol. The summed E-state index contributed by atoms with van der Waals surface area (Å²) in [5, 5.41) is 4.13. The summed E-state index contributed by atoms with van der Waals surface area (Å²) in [4.78, 5) is 26.3. The first kappa shape index (κ1) is 15.3. The van der Waals surface area contributed by atoms with Crippen LogP contribution in [-0.2, 0) is 4.79 Å². The van der Waals surface area contributed by atoms with E-state index in [2.05, 4.69) is 16.9 Å². The van der Waals surface area contributed by atoms with E-state index >= 15 is 0 Å². The summed E-state index contributed by atoms with van der Waals surface area (Å²) in [7, 11) is 0. The quantitative estimate of drug-likeness (QED) is 0.705. The number of hydrogen-bond acceptors (Lipinski definition) is 4. The molecular weight excluding hydrogens is 314 g/mol.